The first-order valence-corrected chi connectivity index (χ1v) is 9.17. The second kappa shape index (κ2) is 8.69. The van der Waals surface area contributed by atoms with Crippen LogP contribution < -0.4 is 14.9 Å². The van der Waals surface area contributed by atoms with Gasteiger partial charge in [0.15, 0.2) is 11.5 Å². The molecular formula is C19H18ClN3O2S. The fourth-order valence-corrected chi connectivity index (χ4v) is 3.01. The van der Waals surface area contributed by atoms with Crippen molar-refractivity contribution in [1.29, 1.82) is 0 Å². The largest absolute Gasteiger partial charge is 0.493 e. The number of halogens is 1. The third-order valence-corrected chi connectivity index (χ3v) is 4.63. The zero-order chi connectivity index (χ0) is 18.4. The van der Waals surface area contributed by atoms with Crippen molar-refractivity contribution in [1.82, 2.24) is 4.98 Å². The molecule has 1 heterocycles. The standard InChI is InChI=1S/C19H18ClN3O2S/c1-13-12-26-19(22-13)23-21-10-15-4-3-5-17(24-2)18(15)25-11-14-6-8-16(20)9-7-14/h3-10,12H,11H2,1-2H3,(H,22,23). The van der Waals surface area contributed by atoms with E-state index in [1.807, 2.05) is 54.8 Å². The van der Waals surface area contributed by atoms with Crippen LogP contribution in [0.3, 0.4) is 0 Å². The first-order chi connectivity index (χ1) is 12.7. The number of aryl methyl sites for hydroxylation is 1. The Morgan fingerprint density at radius 2 is 2.04 bits per heavy atom. The van der Waals surface area contributed by atoms with Gasteiger partial charge in [0, 0.05) is 16.0 Å². The normalized spacial score (nSPS) is 10.9. The zero-order valence-electron chi connectivity index (χ0n) is 14.4. The number of hydrogen-bond acceptors (Lipinski definition) is 6. The third-order valence-electron chi connectivity index (χ3n) is 3.51. The van der Waals surface area contributed by atoms with Gasteiger partial charge >= 0.3 is 0 Å². The van der Waals surface area contributed by atoms with Crippen LogP contribution in [0.1, 0.15) is 16.8 Å². The van der Waals surface area contributed by atoms with Gasteiger partial charge in [-0.3, -0.25) is 5.43 Å². The highest BCUT2D eigenvalue weighted by Crippen LogP contribution is 2.31. The summed E-state index contributed by atoms with van der Waals surface area (Å²) in [6, 6.07) is 13.2. The van der Waals surface area contributed by atoms with Crippen molar-refractivity contribution in [2.24, 2.45) is 5.10 Å². The summed E-state index contributed by atoms with van der Waals surface area (Å²) < 4.78 is 11.4. The maximum Gasteiger partial charge on any atom is 0.203 e. The van der Waals surface area contributed by atoms with Crippen LogP contribution in [0.4, 0.5) is 5.13 Å². The minimum Gasteiger partial charge on any atom is -0.493 e. The van der Waals surface area contributed by atoms with E-state index in [9.17, 15) is 0 Å². The van der Waals surface area contributed by atoms with E-state index in [-0.39, 0.29) is 0 Å². The van der Waals surface area contributed by atoms with Crippen LogP contribution in [-0.2, 0) is 6.61 Å². The molecule has 0 radical (unpaired) electrons. The van der Waals surface area contributed by atoms with Gasteiger partial charge < -0.3 is 9.47 Å². The molecule has 0 fully saturated rings. The Morgan fingerprint density at radius 1 is 1.23 bits per heavy atom. The molecule has 0 aliphatic rings. The number of aromatic nitrogens is 1. The first kappa shape index (κ1) is 18.2. The van der Waals surface area contributed by atoms with Gasteiger partial charge in [-0.2, -0.15) is 5.10 Å². The van der Waals surface area contributed by atoms with E-state index in [1.54, 1.807) is 13.3 Å². The smallest absolute Gasteiger partial charge is 0.203 e. The molecule has 1 N–H and O–H groups in total. The number of thiazole rings is 1. The summed E-state index contributed by atoms with van der Waals surface area (Å²) in [5.74, 6) is 1.28. The van der Waals surface area contributed by atoms with Crippen molar-refractivity contribution < 1.29 is 9.47 Å². The maximum atomic E-state index is 5.99. The quantitative estimate of drug-likeness (QED) is 0.450. The molecule has 0 atom stereocenters. The summed E-state index contributed by atoms with van der Waals surface area (Å²) in [7, 11) is 1.61. The Kier molecular flexibility index (Phi) is 6.09. The minimum atomic E-state index is 0.400. The number of para-hydroxylation sites is 1. The topological polar surface area (TPSA) is 55.7 Å². The Labute approximate surface area is 161 Å². The van der Waals surface area contributed by atoms with Crippen LogP contribution in [-0.4, -0.2) is 18.3 Å². The van der Waals surface area contributed by atoms with Gasteiger partial charge in [0.05, 0.1) is 19.0 Å². The lowest BCUT2D eigenvalue weighted by Gasteiger charge is -2.13. The third kappa shape index (κ3) is 4.74. The van der Waals surface area contributed by atoms with E-state index in [0.29, 0.717) is 23.1 Å². The molecule has 134 valence electrons. The molecule has 3 rings (SSSR count). The summed E-state index contributed by atoms with van der Waals surface area (Å²) in [6.45, 7) is 2.34. The highest BCUT2D eigenvalue weighted by atomic mass is 35.5. The molecule has 26 heavy (non-hydrogen) atoms. The van der Waals surface area contributed by atoms with Gasteiger partial charge in [-0.05, 0) is 36.8 Å². The molecule has 0 aliphatic carbocycles. The van der Waals surface area contributed by atoms with E-state index in [2.05, 4.69) is 15.5 Å². The van der Waals surface area contributed by atoms with Crippen LogP contribution in [0.25, 0.3) is 0 Å². The molecule has 0 unspecified atom stereocenters. The van der Waals surface area contributed by atoms with Gasteiger partial charge in [0.25, 0.3) is 0 Å². The number of nitrogens with one attached hydrogen (secondary N) is 1. The molecule has 0 spiro atoms. The summed E-state index contributed by atoms with van der Waals surface area (Å²) >= 11 is 7.42. The van der Waals surface area contributed by atoms with Gasteiger partial charge in [0.2, 0.25) is 5.13 Å². The SMILES string of the molecule is COc1cccc(C=NNc2nc(C)cs2)c1OCc1ccc(Cl)cc1. The molecule has 3 aromatic rings. The zero-order valence-corrected chi connectivity index (χ0v) is 16.0. The monoisotopic (exact) mass is 387 g/mol. The fraction of sp³-hybridized carbons (Fsp3) is 0.158. The molecule has 0 amide bonds. The second-order valence-corrected chi connectivity index (χ2v) is 6.75. The van der Waals surface area contributed by atoms with Gasteiger partial charge in [0.1, 0.15) is 6.61 Å². The number of methoxy groups -OCH3 is 1. The molecule has 5 nitrogen and oxygen atoms in total. The van der Waals surface area contributed by atoms with Crippen LogP contribution in [0.15, 0.2) is 52.9 Å². The molecule has 0 bridgehead atoms. The van der Waals surface area contributed by atoms with Crippen molar-refractivity contribution in [3.8, 4) is 11.5 Å². The molecule has 7 heteroatoms. The van der Waals surface area contributed by atoms with Crippen LogP contribution >= 0.6 is 22.9 Å². The Hall–Kier alpha value is -2.57. The van der Waals surface area contributed by atoms with Crippen molar-refractivity contribution >= 4 is 34.3 Å². The van der Waals surface area contributed by atoms with E-state index >= 15 is 0 Å². The molecular weight excluding hydrogens is 370 g/mol. The van der Waals surface area contributed by atoms with Gasteiger partial charge in [-0.15, -0.1) is 11.3 Å². The van der Waals surface area contributed by atoms with Crippen LogP contribution in [0.2, 0.25) is 5.02 Å². The number of hydrogen-bond donors (Lipinski definition) is 1. The minimum absolute atomic E-state index is 0.400. The molecule has 0 saturated heterocycles. The van der Waals surface area contributed by atoms with Crippen molar-refractivity contribution in [3.63, 3.8) is 0 Å². The summed E-state index contributed by atoms with van der Waals surface area (Å²) in [6.07, 6.45) is 1.69. The van der Waals surface area contributed by atoms with Gasteiger partial charge in [-0.1, -0.05) is 29.8 Å². The Bertz CT molecular complexity index is 894. The number of rotatable bonds is 7. The lowest BCUT2D eigenvalue weighted by atomic mass is 10.2. The summed E-state index contributed by atoms with van der Waals surface area (Å²) in [4.78, 5) is 4.31. The predicted octanol–water partition coefficient (Wildman–Crippen LogP) is 5.14. The van der Waals surface area contributed by atoms with Crippen molar-refractivity contribution in [2.75, 3.05) is 12.5 Å². The van der Waals surface area contributed by atoms with E-state index in [4.69, 9.17) is 21.1 Å². The number of hydrazone groups is 1. The van der Waals surface area contributed by atoms with Crippen molar-refractivity contribution in [2.45, 2.75) is 13.5 Å². The van der Waals surface area contributed by atoms with Crippen molar-refractivity contribution in [3.05, 3.63) is 69.7 Å². The number of ether oxygens (including phenoxy) is 2. The average molecular weight is 388 g/mol. The number of anilines is 1. The first-order valence-electron chi connectivity index (χ1n) is 7.91. The van der Waals surface area contributed by atoms with Crippen LogP contribution in [0.5, 0.6) is 11.5 Å². The molecule has 2 aromatic carbocycles. The van der Waals surface area contributed by atoms with Crippen LogP contribution in [0, 0.1) is 6.92 Å². The highest BCUT2D eigenvalue weighted by Gasteiger charge is 2.10. The van der Waals surface area contributed by atoms with Gasteiger partial charge in [-0.25, -0.2) is 4.98 Å². The summed E-state index contributed by atoms with van der Waals surface area (Å²) in [5.41, 5.74) is 5.70. The molecule has 0 aliphatic heterocycles. The molecule has 0 saturated carbocycles. The maximum absolute atomic E-state index is 5.99. The lowest BCUT2D eigenvalue weighted by molar-refractivity contribution is 0.284. The lowest BCUT2D eigenvalue weighted by Crippen LogP contribution is -2.01. The highest BCUT2D eigenvalue weighted by molar-refractivity contribution is 7.13. The Morgan fingerprint density at radius 3 is 2.73 bits per heavy atom. The summed E-state index contributed by atoms with van der Waals surface area (Å²) in [5, 5.41) is 7.65. The molecule has 1 aromatic heterocycles. The number of benzene rings is 2. The average Bonchev–Trinajstić information content (AvgIpc) is 3.07. The Balaban J connectivity index is 1.75. The fourth-order valence-electron chi connectivity index (χ4n) is 2.25. The predicted molar refractivity (Wildman–Crippen MR) is 107 cm³/mol. The van der Waals surface area contributed by atoms with E-state index < -0.39 is 0 Å². The van der Waals surface area contributed by atoms with E-state index in [0.717, 1.165) is 22.0 Å². The second-order valence-electron chi connectivity index (χ2n) is 5.46. The number of nitrogens with zero attached hydrogens (tertiary/aromatic N) is 2. The van der Waals surface area contributed by atoms with E-state index in [1.165, 1.54) is 11.3 Å².